The van der Waals surface area contributed by atoms with Crippen molar-refractivity contribution in [1.82, 2.24) is 10.3 Å². The Morgan fingerprint density at radius 2 is 2.13 bits per heavy atom. The minimum absolute atomic E-state index is 0.116. The molecule has 1 aliphatic carbocycles. The molecule has 1 unspecified atom stereocenters. The van der Waals surface area contributed by atoms with E-state index in [4.69, 9.17) is 27.9 Å². The SMILES string of the molecule is O=C(NCc1cccc(OCc2ccccn2)c1)C1CC1(Cl)Cl. The standard InChI is InChI=1S/C17H16Cl2N2O2/c18-17(19)9-15(17)16(22)21-10-12-4-3-6-14(8-12)23-11-13-5-1-2-7-20-13/h1-8,15H,9-11H2,(H,21,22). The number of aromatic nitrogens is 1. The Labute approximate surface area is 144 Å². The van der Waals surface area contributed by atoms with Crippen LogP contribution in [-0.4, -0.2) is 15.2 Å². The largest absolute Gasteiger partial charge is 0.487 e. The van der Waals surface area contributed by atoms with Crippen LogP contribution in [0.5, 0.6) is 5.75 Å². The average Bonchev–Trinajstić information content (AvgIpc) is 3.21. The molecule has 1 amide bonds. The van der Waals surface area contributed by atoms with Crippen molar-refractivity contribution >= 4 is 29.1 Å². The first-order chi connectivity index (χ1) is 11.0. The number of alkyl halides is 2. The van der Waals surface area contributed by atoms with Gasteiger partial charge in [-0.05, 0) is 36.2 Å². The van der Waals surface area contributed by atoms with E-state index in [0.29, 0.717) is 19.6 Å². The monoisotopic (exact) mass is 350 g/mol. The quantitative estimate of drug-likeness (QED) is 0.811. The maximum atomic E-state index is 11.9. The van der Waals surface area contributed by atoms with Gasteiger partial charge in [0.1, 0.15) is 16.7 Å². The van der Waals surface area contributed by atoms with Gasteiger partial charge in [0.05, 0.1) is 11.6 Å². The molecule has 0 radical (unpaired) electrons. The van der Waals surface area contributed by atoms with Gasteiger partial charge in [-0.3, -0.25) is 9.78 Å². The summed E-state index contributed by atoms with van der Waals surface area (Å²) >= 11 is 11.8. The van der Waals surface area contributed by atoms with E-state index in [-0.39, 0.29) is 11.8 Å². The van der Waals surface area contributed by atoms with E-state index in [9.17, 15) is 4.79 Å². The molecule has 1 aromatic carbocycles. The first kappa shape index (κ1) is 16.1. The molecule has 2 aromatic rings. The van der Waals surface area contributed by atoms with Gasteiger partial charge in [0.15, 0.2) is 0 Å². The lowest BCUT2D eigenvalue weighted by Gasteiger charge is -2.09. The molecule has 1 aliphatic rings. The topological polar surface area (TPSA) is 51.2 Å². The molecule has 1 fully saturated rings. The number of nitrogens with one attached hydrogen (secondary N) is 1. The highest BCUT2D eigenvalue weighted by Crippen LogP contribution is 2.53. The number of carbonyl (C=O) groups excluding carboxylic acids is 1. The van der Waals surface area contributed by atoms with Gasteiger partial charge < -0.3 is 10.1 Å². The highest BCUT2D eigenvalue weighted by atomic mass is 35.5. The number of ether oxygens (including phenoxy) is 1. The molecule has 1 atom stereocenters. The van der Waals surface area contributed by atoms with E-state index in [1.165, 1.54) is 0 Å². The number of carbonyl (C=O) groups is 1. The van der Waals surface area contributed by atoms with Crippen molar-refractivity contribution < 1.29 is 9.53 Å². The fraction of sp³-hybridized carbons (Fsp3) is 0.294. The second kappa shape index (κ2) is 6.77. The highest BCUT2D eigenvalue weighted by Gasteiger charge is 2.56. The lowest BCUT2D eigenvalue weighted by atomic mass is 10.2. The first-order valence-electron chi connectivity index (χ1n) is 7.32. The summed E-state index contributed by atoms with van der Waals surface area (Å²) in [6.45, 7) is 0.819. The van der Waals surface area contributed by atoms with Crippen molar-refractivity contribution in [3.05, 3.63) is 59.9 Å². The zero-order valence-corrected chi connectivity index (χ0v) is 13.8. The van der Waals surface area contributed by atoms with Crippen LogP contribution in [0.3, 0.4) is 0 Å². The van der Waals surface area contributed by atoms with Gasteiger partial charge >= 0.3 is 0 Å². The van der Waals surface area contributed by atoms with Crippen molar-refractivity contribution in [3.8, 4) is 5.75 Å². The maximum absolute atomic E-state index is 11.9. The molecule has 0 spiro atoms. The second-order valence-electron chi connectivity index (χ2n) is 5.49. The van der Waals surface area contributed by atoms with Crippen LogP contribution >= 0.6 is 23.2 Å². The number of pyridine rings is 1. The van der Waals surface area contributed by atoms with E-state index >= 15 is 0 Å². The summed E-state index contributed by atoms with van der Waals surface area (Å²) in [5, 5.41) is 2.84. The molecule has 1 N–H and O–H groups in total. The zero-order valence-electron chi connectivity index (χ0n) is 12.3. The predicted octanol–water partition coefficient (Wildman–Crippen LogP) is 3.47. The van der Waals surface area contributed by atoms with Crippen LogP contribution in [-0.2, 0) is 17.9 Å². The zero-order chi connectivity index (χ0) is 16.3. The third-order valence-corrected chi connectivity index (χ3v) is 4.46. The maximum Gasteiger partial charge on any atom is 0.226 e. The van der Waals surface area contributed by atoms with Crippen LogP contribution in [0.4, 0.5) is 0 Å². The van der Waals surface area contributed by atoms with E-state index in [2.05, 4.69) is 10.3 Å². The number of benzene rings is 1. The smallest absolute Gasteiger partial charge is 0.226 e. The summed E-state index contributed by atoms with van der Waals surface area (Å²) in [5.74, 6) is 0.307. The molecule has 3 rings (SSSR count). The molecule has 6 heteroatoms. The summed E-state index contributed by atoms with van der Waals surface area (Å²) in [5.41, 5.74) is 1.81. The molecule has 1 heterocycles. The number of hydrogen-bond donors (Lipinski definition) is 1. The van der Waals surface area contributed by atoms with Crippen LogP contribution in [0.1, 0.15) is 17.7 Å². The molecule has 120 valence electrons. The van der Waals surface area contributed by atoms with Gasteiger partial charge in [-0.2, -0.15) is 0 Å². The Bertz CT molecular complexity index is 692. The summed E-state index contributed by atoms with van der Waals surface area (Å²) in [4.78, 5) is 16.1. The van der Waals surface area contributed by atoms with Crippen LogP contribution < -0.4 is 10.1 Å². The van der Waals surface area contributed by atoms with Gasteiger partial charge in [-0.15, -0.1) is 23.2 Å². The molecule has 0 aliphatic heterocycles. The molecule has 1 aromatic heterocycles. The number of nitrogens with zero attached hydrogens (tertiary/aromatic N) is 1. The normalized spacial score (nSPS) is 18.3. The van der Waals surface area contributed by atoms with Crippen molar-refractivity contribution in [2.45, 2.75) is 23.9 Å². The third-order valence-electron chi connectivity index (χ3n) is 3.62. The Hall–Kier alpha value is -1.78. The molecule has 4 nitrogen and oxygen atoms in total. The van der Waals surface area contributed by atoms with Gasteiger partial charge in [0, 0.05) is 12.7 Å². The summed E-state index contributed by atoms with van der Waals surface area (Å²) in [7, 11) is 0. The fourth-order valence-electron chi connectivity index (χ4n) is 2.20. The lowest BCUT2D eigenvalue weighted by molar-refractivity contribution is -0.122. The minimum Gasteiger partial charge on any atom is -0.487 e. The summed E-state index contributed by atoms with van der Waals surface area (Å²) in [6.07, 6.45) is 2.24. The van der Waals surface area contributed by atoms with Gasteiger partial charge in [0.25, 0.3) is 0 Å². The number of amides is 1. The van der Waals surface area contributed by atoms with Crippen molar-refractivity contribution in [2.24, 2.45) is 5.92 Å². The molecule has 23 heavy (non-hydrogen) atoms. The van der Waals surface area contributed by atoms with Crippen molar-refractivity contribution in [3.63, 3.8) is 0 Å². The first-order valence-corrected chi connectivity index (χ1v) is 8.07. The molecular weight excluding hydrogens is 335 g/mol. The van der Waals surface area contributed by atoms with E-state index in [0.717, 1.165) is 17.0 Å². The Balaban J connectivity index is 1.52. The van der Waals surface area contributed by atoms with Gasteiger partial charge in [-0.25, -0.2) is 0 Å². The average molecular weight is 351 g/mol. The van der Waals surface area contributed by atoms with Crippen LogP contribution in [0.25, 0.3) is 0 Å². The fourth-order valence-corrected chi connectivity index (χ4v) is 2.70. The Morgan fingerprint density at radius 3 is 2.83 bits per heavy atom. The predicted molar refractivity (Wildman–Crippen MR) is 89.4 cm³/mol. The molecule has 0 bridgehead atoms. The summed E-state index contributed by atoms with van der Waals surface area (Å²) < 4.78 is 4.82. The van der Waals surface area contributed by atoms with E-state index in [1.54, 1.807) is 6.20 Å². The Morgan fingerprint density at radius 1 is 1.30 bits per heavy atom. The van der Waals surface area contributed by atoms with E-state index < -0.39 is 4.33 Å². The number of rotatable bonds is 6. The van der Waals surface area contributed by atoms with Gasteiger partial charge in [-0.1, -0.05) is 18.2 Å². The number of hydrogen-bond acceptors (Lipinski definition) is 3. The molecular formula is C17H16Cl2N2O2. The van der Waals surface area contributed by atoms with Crippen LogP contribution in [0.2, 0.25) is 0 Å². The second-order valence-corrected chi connectivity index (χ2v) is 7.04. The Kier molecular flexibility index (Phi) is 4.74. The van der Waals surface area contributed by atoms with Crippen molar-refractivity contribution in [1.29, 1.82) is 0 Å². The molecule has 0 saturated heterocycles. The highest BCUT2D eigenvalue weighted by molar-refractivity contribution is 6.52. The number of halogens is 2. The van der Waals surface area contributed by atoms with Crippen LogP contribution in [0.15, 0.2) is 48.7 Å². The molecule has 1 saturated carbocycles. The minimum atomic E-state index is -0.891. The van der Waals surface area contributed by atoms with Crippen LogP contribution in [0, 0.1) is 5.92 Å². The van der Waals surface area contributed by atoms with Crippen molar-refractivity contribution in [2.75, 3.05) is 0 Å². The van der Waals surface area contributed by atoms with E-state index in [1.807, 2.05) is 42.5 Å². The van der Waals surface area contributed by atoms with Gasteiger partial charge in [0.2, 0.25) is 5.91 Å². The lowest BCUT2D eigenvalue weighted by Crippen LogP contribution is -2.26. The summed E-state index contributed by atoms with van der Waals surface area (Å²) in [6, 6.07) is 13.3. The third kappa shape index (κ3) is 4.36.